The monoisotopic (exact) mass is 675 g/mol. The minimum atomic E-state index is -1.01. The van der Waals surface area contributed by atoms with Crippen LogP contribution in [0.5, 0.6) is 0 Å². The Balaban J connectivity index is 1.10. The largest absolute Gasteiger partial charge is 0.390 e. The van der Waals surface area contributed by atoms with E-state index in [0.717, 1.165) is 45.6 Å². The molecule has 14 atom stereocenters. The second kappa shape index (κ2) is 12.1. The quantitative estimate of drug-likeness (QED) is 0.328. The van der Waals surface area contributed by atoms with Gasteiger partial charge in [-0.05, 0) is 132 Å². The molecule has 7 fully saturated rings. The van der Waals surface area contributed by atoms with Gasteiger partial charge in [0.1, 0.15) is 6.10 Å². The summed E-state index contributed by atoms with van der Waals surface area (Å²) >= 11 is 0. The lowest BCUT2D eigenvalue weighted by Gasteiger charge is -2.64. The average Bonchev–Trinajstić information content (AvgIpc) is 3.64. The number of nitrogens with zero attached hydrogens (tertiary/aromatic N) is 2. The fourth-order valence-electron chi connectivity index (χ4n) is 14.2. The van der Waals surface area contributed by atoms with Crippen LogP contribution in [-0.2, 0) is 18.9 Å². The molecule has 276 valence electrons. The van der Waals surface area contributed by atoms with Crippen LogP contribution in [0.4, 0.5) is 0 Å². The highest BCUT2D eigenvalue weighted by Gasteiger charge is 2.84. The Kier molecular flexibility index (Phi) is 9.10. The van der Waals surface area contributed by atoms with Gasteiger partial charge in [0.05, 0.1) is 36.6 Å². The van der Waals surface area contributed by atoms with Crippen molar-refractivity contribution < 1.29 is 29.2 Å². The van der Waals surface area contributed by atoms with Gasteiger partial charge in [-0.15, -0.1) is 0 Å². The molecule has 2 saturated heterocycles. The molecule has 5 aliphatic carbocycles. The van der Waals surface area contributed by atoms with E-state index in [9.17, 15) is 10.2 Å². The van der Waals surface area contributed by atoms with Gasteiger partial charge in [-0.2, -0.15) is 0 Å². The standard InChI is InChI=1S/C40H70N2O6/c1-11-45-34(36(5,6)44)26-22-25(2)31-32(47-26)33(43)38(8)28-13-12-27-35(3,4)29(48-30-23-42(20-21-46-30)19-18-41(9)10)14-15-39(27)24-40(28,39)17-16-37(31,38)7/h25-34,43-44H,11-24H2,1-10H3/t25?,26-,27+,28+,29+,30+,31+,32+,33+,34?,37-,38-,39-,40+/m1/s1. The molecule has 0 radical (unpaired) electrons. The lowest BCUT2D eigenvalue weighted by Crippen LogP contribution is -2.60. The smallest absolute Gasteiger partial charge is 0.170 e. The molecule has 8 nitrogen and oxygen atoms in total. The van der Waals surface area contributed by atoms with Crippen LogP contribution in [0.1, 0.15) is 107 Å². The molecule has 8 heteroatoms. The Hall–Kier alpha value is -0.320. The predicted octanol–water partition coefficient (Wildman–Crippen LogP) is 5.58. The van der Waals surface area contributed by atoms with Crippen molar-refractivity contribution >= 4 is 0 Å². The van der Waals surface area contributed by atoms with E-state index in [1.54, 1.807) is 0 Å². The highest BCUT2D eigenvalue weighted by Crippen LogP contribution is 2.89. The summed E-state index contributed by atoms with van der Waals surface area (Å²) in [7, 11) is 4.28. The first-order valence-electron chi connectivity index (χ1n) is 19.8. The van der Waals surface area contributed by atoms with Crippen LogP contribution in [0.25, 0.3) is 0 Å². The number of ether oxygens (including phenoxy) is 4. The minimum absolute atomic E-state index is 0.0243. The highest BCUT2D eigenvalue weighted by atomic mass is 16.7. The van der Waals surface area contributed by atoms with Crippen LogP contribution in [-0.4, -0.2) is 116 Å². The summed E-state index contributed by atoms with van der Waals surface area (Å²) in [6, 6.07) is 0. The van der Waals surface area contributed by atoms with E-state index in [1.807, 2.05) is 20.8 Å². The van der Waals surface area contributed by atoms with Crippen molar-refractivity contribution in [2.75, 3.05) is 53.5 Å². The first-order valence-corrected chi connectivity index (χ1v) is 19.8. The van der Waals surface area contributed by atoms with Gasteiger partial charge in [0, 0.05) is 38.2 Å². The predicted molar refractivity (Wildman–Crippen MR) is 187 cm³/mol. The van der Waals surface area contributed by atoms with Crippen LogP contribution in [0.15, 0.2) is 0 Å². The summed E-state index contributed by atoms with van der Waals surface area (Å²) in [5.74, 6) is 1.86. The second-order valence-electron chi connectivity index (χ2n) is 19.6. The van der Waals surface area contributed by atoms with Crippen molar-refractivity contribution in [2.45, 2.75) is 149 Å². The Labute approximate surface area is 291 Å². The molecule has 2 heterocycles. The Morgan fingerprint density at radius 1 is 1.02 bits per heavy atom. The maximum atomic E-state index is 12.6. The van der Waals surface area contributed by atoms with Crippen molar-refractivity contribution in [3.63, 3.8) is 0 Å². The zero-order valence-corrected chi connectivity index (χ0v) is 32.1. The number of hydrogen-bond acceptors (Lipinski definition) is 8. The number of rotatable bonds is 9. The van der Waals surface area contributed by atoms with Crippen LogP contribution >= 0.6 is 0 Å². The number of likely N-dealkylation sites (N-methyl/N-ethyl adjacent to an activating group) is 1. The molecule has 5 saturated carbocycles. The first kappa shape index (κ1) is 36.1. The summed E-state index contributed by atoms with van der Waals surface area (Å²) in [5.41, 5.74) is -0.423. The van der Waals surface area contributed by atoms with Gasteiger partial charge in [-0.1, -0.05) is 34.6 Å². The fourth-order valence-corrected chi connectivity index (χ4v) is 14.2. The van der Waals surface area contributed by atoms with Crippen LogP contribution in [0, 0.1) is 50.7 Å². The molecule has 7 aliphatic rings. The molecule has 2 N–H and O–H groups in total. The number of hydrogen-bond donors (Lipinski definition) is 2. The molecule has 0 aromatic heterocycles. The molecule has 0 aromatic carbocycles. The summed E-state index contributed by atoms with van der Waals surface area (Å²) in [6.45, 7) is 23.3. The van der Waals surface area contributed by atoms with E-state index < -0.39 is 17.8 Å². The van der Waals surface area contributed by atoms with Gasteiger partial charge in [0.25, 0.3) is 0 Å². The summed E-state index contributed by atoms with van der Waals surface area (Å²) < 4.78 is 26.3. The topological polar surface area (TPSA) is 83.9 Å². The third kappa shape index (κ3) is 5.10. The summed E-state index contributed by atoms with van der Waals surface area (Å²) in [5, 5.41) is 23.7. The zero-order chi connectivity index (χ0) is 34.7. The van der Waals surface area contributed by atoms with Crippen molar-refractivity contribution in [3.05, 3.63) is 0 Å². The third-order valence-corrected chi connectivity index (χ3v) is 16.4. The molecule has 0 bridgehead atoms. The van der Waals surface area contributed by atoms with Crippen LogP contribution < -0.4 is 0 Å². The fraction of sp³-hybridized carbons (Fsp3) is 1.00. The van der Waals surface area contributed by atoms with Gasteiger partial charge >= 0.3 is 0 Å². The van der Waals surface area contributed by atoms with Gasteiger partial charge in [-0.25, -0.2) is 0 Å². The van der Waals surface area contributed by atoms with E-state index in [1.165, 1.54) is 38.5 Å². The van der Waals surface area contributed by atoms with Gasteiger partial charge in [0.2, 0.25) is 0 Å². The number of aliphatic hydroxyl groups is 2. The van der Waals surface area contributed by atoms with E-state index in [2.05, 4.69) is 58.5 Å². The number of morpholine rings is 1. The Morgan fingerprint density at radius 2 is 1.73 bits per heavy atom. The molecule has 0 amide bonds. The van der Waals surface area contributed by atoms with E-state index >= 15 is 0 Å². The molecule has 2 unspecified atom stereocenters. The molecule has 2 spiro atoms. The zero-order valence-electron chi connectivity index (χ0n) is 32.1. The Morgan fingerprint density at radius 3 is 2.42 bits per heavy atom. The lowest BCUT2D eigenvalue weighted by molar-refractivity contribution is -0.249. The lowest BCUT2D eigenvalue weighted by atomic mass is 9.41. The van der Waals surface area contributed by atoms with Crippen molar-refractivity contribution in [3.8, 4) is 0 Å². The van der Waals surface area contributed by atoms with Crippen molar-refractivity contribution in [1.82, 2.24) is 9.80 Å². The molecule has 2 aliphatic heterocycles. The van der Waals surface area contributed by atoms with Crippen molar-refractivity contribution in [1.29, 1.82) is 0 Å². The minimum Gasteiger partial charge on any atom is -0.390 e. The van der Waals surface area contributed by atoms with Crippen LogP contribution in [0.3, 0.4) is 0 Å². The van der Waals surface area contributed by atoms with Gasteiger partial charge < -0.3 is 34.1 Å². The molecular weight excluding hydrogens is 604 g/mol. The molecular formula is C40H70N2O6. The number of fused-ring (bicyclic) bond motifs is 4. The van der Waals surface area contributed by atoms with E-state index in [0.29, 0.717) is 41.1 Å². The van der Waals surface area contributed by atoms with Gasteiger partial charge in [0.15, 0.2) is 6.29 Å². The molecule has 7 rings (SSSR count). The average molecular weight is 675 g/mol. The van der Waals surface area contributed by atoms with E-state index in [-0.39, 0.29) is 40.8 Å². The van der Waals surface area contributed by atoms with Gasteiger partial charge in [-0.3, -0.25) is 4.90 Å². The maximum Gasteiger partial charge on any atom is 0.170 e. The molecule has 0 aromatic rings. The van der Waals surface area contributed by atoms with E-state index in [4.69, 9.17) is 18.9 Å². The number of aliphatic hydroxyl groups excluding tert-OH is 1. The molecule has 48 heavy (non-hydrogen) atoms. The van der Waals surface area contributed by atoms with Crippen LogP contribution in [0.2, 0.25) is 0 Å². The summed E-state index contributed by atoms with van der Waals surface area (Å²) in [6.07, 6.45) is 8.12. The second-order valence-corrected chi connectivity index (χ2v) is 19.6. The normalized spacial score (nSPS) is 50.6. The highest BCUT2D eigenvalue weighted by molar-refractivity contribution is 5.33. The SMILES string of the molecule is CCOC([C@H]1CC(C)[C@H]2[C@H](O1)[C@H](O)[C@@]1(C)[C@@H]3CC[C@H]4C(C)(C)[C@@H](O[C@H]5CN(CCN(C)C)CCO5)CC[C@@]45C[C@@]35CC[C@]21C)C(C)(C)O. The van der Waals surface area contributed by atoms with Crippen molar-refractivity contribution in [2.24, 2.45) is 50.7 Å². The Bertz CT molecular complexity index is 1190. The third-order valence-electron chi connectivity index (χ3n) is 16.4. The summed E-state index contributed by atoms with van der Waals surface area (Å²) in [4.78, 5) is 4.76. The maximum absolute atomic E-state index is 12.6. The first-order chi connectivity index (χ1) is 22.5.